The van der Waals surface area contributed by atoms with Crippen LogP contribution in [0.2, 0.25) is 0 Å². The highest BCUT2D eigenvalue weighted by molar-refractivity contribution is 6.06. The largest absolute Gasteiger partial charge is 0.274 e. The van der Waals surface area contributed by atoms with Crippen LogP contribution in [0.4, 0.5) is 5.95 Å². The van der Waals surface area contributed by atoms with Gasteiger partial charge in [-0.1, -0.05) is 48.5 Å². The van der Waals surface area contributed by atoms with Gasteiger partial charge in [0.05, 0.1) is 6.04 Å². The Labute approximate surface area is 146 Å². The minimum atomic E-state index is -0.0219. The van der Waals surface area contributed by atoms with Crippen molar-refractivity contribution >= 4 is 11.9 Å². The average Bonchev–Trinajstić information content (AvgIpc) is 3.11. The summed E-state index contributed by atoms with van der Waals surface area (Å²) in [5.74, 6) is 0.590. The summed E-state index contributed by atoms with van der Waals surface area (Å²) in [5.41, 5.74) is 2.86. The standard InChI is InChI=1S/C20H20N4O/c1-14-8-6-7-11-17(14)19(25)23-15(2)12-18(16-9-4-3-5-10-16)24-20(23)21-13-22-24/h3-11,13,15,18H,12H2,1-2H3/t15-,18+/m0/s1. The van der Waals surface area contributed by atoms with Crippen molar-refractivity contribution in [2.24, 2.45) is 0 Å². The van der Waals surface area contributed by atoms with Crippen molar-refractivity contribution in [3.05, 3.63) is 77.6 Å². The number of hydrogen-bond acceptors (Lipinski definition) is 3. The van der Waals surface area contributed by atoms with Crippen molar-refractivity contribution in [3.63, 3.8) is 0 Å². The fourth-order valence-electron chi connectivity index (χ4n) is 3.55. The maximum absolute atomic E-state index is 13.2. The Hall–Kier alpha value is -2.95. The molecular weight excluding hydrogens is 312 g/mol. The van der Waals surface area contributed by atoms with E-state index in [2.05, 4.69) is 29.1 Å². The van der Waals surface area contributed by atoms with Crippen molar-refractivity contribution in [3.8, 4) is 0 Å². The Morgan fingerprint density at radius 2 is 1.80 bits per heavy atom. The lowest BCUT2D eigenvalue weighted by Crippen LogP contribution is -2.46. The van der Waals surface area contributed by atoms with Crippen LogP contribution in [0, 0.1) is 6.92 Å². The van der Waals surface area contributed by atoms with E-state index < -0.39 is 0 Å². The fourth-order valence-corrected chi connectivity index (χ4v) is 3.55. The second-order valence-electron chi connectivity index (χ2n) is 6.51. The molecule has 4 rings (SSSR count). The lowest BCUT2D eigenvalue weighted by Gasteiger charge is -2.37. The van der Waals surface area contributed by atoms with Gasteiger partial charge in [0.1, 0.15) is 6.33 Å². The molecule has 3 aromatic rings. The number of rotatable bonds is 2. The van der Waals surface area contributed by atoms with Gasteiger partial charge in [-0.3, -0.25) is 9.69 Å². The molecule has 126 valence electrons. The van der Waals surface area contributed by atoms with Gasteiger partial charge in [-0.15, -0.1) is 0 Å². The van der Waals surface area contributed by atoms with Crippen molar-refractivity contribution in [1.82, 2.24) is 14.8 Å². The Kier molecular flexibility index (Phi) is 3.84. The monoisotopic (exact) mass is 332 g/mol. The van der Waals surface area contributed by atoms with Crippen molar-refractivity contribution in [2.45, 2.75) is 32.4 Å². The first-order valence-electron chi connectivity index (χ1n) is 8.50. The second kappa shape index (κ2) is 6.16. The summed E-state index contributed by atoms with van der Waals surface area (Å²) in [6.07, 6.45) is 2.33. The molecule has 5 heteroatoms. The van der Waals surface area contributed by atoms with Gasteiger partial charge in [-0.2, -0.15) is 10.1 Å². The molecule has 0 saturated heterocycles. The molecule has 2 heterocycles. The molecule has 0 unspecified atom stereocenters. The fraction of sp³-hybridized carbons (Fsp3) is 0.250. The lowest BCUT2D eigenvalue weighted by molar-refractivity contribution is 0.0966. The first-order valence-corrected chi connectivity index (χ1v) is 8.50. The molecule has 1 aliphatic heterocycles. The summed E-state index contributed by atoms with van der Waals surface area (Å²) in [6.45, 7) is 4.03. The van der Waals surface area contributed by atoms with Crippen LogP contribution in [0.25, 0.3) is 0 Å². The summed E-state index contributed by atoms with van der Waals surface area (Å²) in [7, 11) is 0. The van der Waals surface area contributed by atoms with Gasteiger partial charge in [0.15, 0.2) is 0 Å². The molecule has 1 amide bonds. The van der Waals surface area contributed by atoms with E-state index in [4.69, 9.17) is 0 Å². The van der Waals surface area contributed by atoms with Gasteiger partial charge in [0.2, 0.25) is 5.95 Å². The van der Waals surface area contributed by atoms with Gasteiger partial charge in [0, 0.05) is 11.6 Å². The predicted octanol–water partition coefficient (Wildman–Crippen LogP) is 3.61. The summed E-state index contributed by atoms with van der Waals surface area (Å²) in [5, 5.41) is 4.41. The number of nitrogens with zero attached hydrogens (tertiary/aromatic N) is 4. The van der Waals surface area contributed by atoms with Crippen LogP contribution >= 0.6 is 0 Å². The van der Waals surface area contributed by atoms with E-state index in [9.17, 15) is 4.79 Å². The Balaban J connectivity index is 1.76. The van der Waals surface area contributed by atoms with Crippen LogP contribution in [0.3, 0.4) is 0 Å². The summed E-state index contributed by atoms with van der Waals surface area (Å²) in [6, 6.07) is 18.1. The van der Waals surface area contributed by atoms with Crippen LogP contribution in [0.1, 0.15) is 40.9 Å². The third-order valence-corrected chi connectivity index (χ3v) is 4.85. The SMILES string of the molecule is Cc1ccccc1C(=O)N1c2ncnn2[C@@H](c2ccccc2)C[C@@H]1C. The number of carbonyl (C=O) groups excluding carboxylic acids is 1. The van der Waals surface area contributed by atoms with E-state index >= 15 is 0 Å². The quantitative estimate of drug-likeness (QED) is 0.720. The molecule has 0 saturated carbocycles. The smallest absolute Gasteiger partial charge is 0.261 e. The normalized spacial score (nSPS) is 19.5. The van der Waals surface area contributed by atoms with E-state index in [0.29, 0.717) is 11.5 Å². The van der Waals surface area contributed by atoms with Crippen LogP contribution in [-0.2, 0) is 0 Å². The molecule has 1 aliphatic rings. The number of aromatic nitrogens is 3. The summed E-state index contributed by atoms with van der Waals surface area (Å²) >= 11 is 0. The maximum atomic E-state index is 13.2. The molecule has 1 aromatic heterocycles. The van der Waals surface area contributed by atoms with E-state index in [0.717, 1.165) is 12.0 Å². The van der Waals surface area contributed by atoms with Crippen LogP contribution in [0.5, 0.6) is 0 Å². The molecule has 2 atom stereocenters. The molecule has 2 aromatic carbocycles. The van der Waals surface area contributed by atoms with Gasteiger partial charge >= 0.3 is 0 Å². The average molecular weight is 332 g/mol. The Morgan fingerprint density at radius 1 is 1.08 bits per heavy atom. The topological polar surface area (TPSA) is 51.0 Å². The highest BCUT2D eigenvalue weighted by atomic mass is 16.2. The van der Waals surface area contributed by atoms with Gasteiger partial charge < -0.3 is 0 Å². The number of carbonyl (C=O) groups is 1. The summed E-state index contributed by atoms with van der Waals surface area (Å²) in [4.78, 5) is 19.3. The molecule has 0 fully saturated rings. The molecule has 0 bridgehead atoms. The number of aryl methyl sites for hydroxylation is 1. The minimum absolute atomic E-state index is 0.0219. The molecular formula is C20H20N4O. The van der Waals surface area contributed by atoms with E-state index in [1.54, 1.807) is 4.90 Å². The number of hydrogen-bond donors (Lipinski definition) is 0. The molecule has 0 spiro atoms. The number of anilines is 1. The van der Waals surface area contributed by atoms with Crippen molar-refractivity contribution < 1.29 is 4.79 Å². The van der Waals surface area contributed by atoms with Gasteiger partial charge in [-0.25, -0.2) is 4.68 Å². The van der Waals surface area contributed by atoms with Crippen molar-refractivity contribution in [1.29, 1.82) is 0 Å². The highest BCUT2D eigenvalue weighted by Gasteiger charge is 2.36. The molecule has 0 aliphatic carbocycles. The number of benzene rings is 2. The highest BCUT2D eigenvalue weighted by Crippen LogP contribution is 2.35. The zero-order valence-corrected chi connectivity index (χ0v) is 14.3. The third kappa shape index (κ3) is 2.61. The number of amides is 1. The zero-order chi connectivity index (χ0) is 17.4. The van der Waals surface area contributed by atoms with Gasteiger partial charge in [0.25, 0.3) is 5.91 Å². The van der Waals surface area contributed by atoms with E-state index in [-0.39, 0.29) is 18.0 Å². The summed E-state index contributed by atoms with van der Waals surface area (Å²) < 4.78 is 1.87. The van der Waals surface area contributed by atoms with Crippen molar-refractivity contribution in [2.75, 3.05) is 4.90 Å². The third-order valence-electron chi connectivity index (χ3n) is 4.85. The molecule has 25 heavy (non-hydrogen) atoms. The second-order valence-corrected chi connectivity index (χ2v) is 6.51. The van der Waals surface area contributed by atoms with E-state index in [1.165, 1.54) is 11.9 Å². The molecule has 0 N–H and O–H groups in total. The molecule has 5 nitrogen and oxygen atoms in total. The zero-order valence-electron chi connectivity index (χ0n) is 14.3. The van der Waals surface area contributed by atoms with Crippen LogP contribution in [-0.4, -0.2) is 26.7 Å². The first-order chi connectivity index (χ1) is 12.2. The molecule has 0 radical (unpaired) electrons. The Bertz CT molecular complexity index is 903. The van der Waals surface area contributed by atoms with Crippen LogP contribution in [0.15, 0.2) is 60.9 Å². The predicted molar refractivity (Wildman–Crippen MR) is 96.7 cm³/mol. The first kappa shape index (κ1) is 15.6. The number of fused-ring (bicyclic) bond motifs is 1. The Morgan fingerprint density at radius 3 is 2.56 bits per heavy atom. The lowest BCUT2D eigenvalue weighted by atomic mass is 9.96. The van der Waals surface area contributed by atoms with Gasteiger partial charge in [-0.05, 0) is 37.5 Å². The maximum Gasteiger partial charge on any atom is 0.261 e. The van der Waals surface area contributed by atoms with E-state index in [1.807, 2.05) is 54.1 Å². The van der Waals surface area contributed by atoms with Crippen LogP contribution < -0.4 is 4.90 Å². The minimum Gasteiger partial charge on any atom is -0.274 e.